The van der Waals surface area contributed by atoms with E-state index in [1.54, 1.807) is 0 Å². The van der Waals surface area contributed by atoms with Crippen LogP contribution in [-0.4, -0.2) is 12.8 Å². The molecule has 0 bridgehead atoms. The van der Waals surface area contributed by atoms with Crippen LogP contribution in [0.4, 0.5) is 0 Å². The van der Waals surface area contributed by atoms with E-state index in [0.29, 0.717) is 0 Å². The Hall–Kier alpha value is -1.37. The highest BCUT2D eigenvalue weighted by atomic mass is 14.7. The summed E-state index contributed by atoms with van der Waals surface area (Å²) in [5.74, 6) is 0. The summed E-state index contributed by atoms with van der Waals surface area (Å²) in [6.45, 7) is 6.73. The maximum absolute atomic E-state index is 4.29. The van der Waals surface area contributed by atoms with E-state index in [1.165, 1.54) is 5.57 Å². The quantitative estimate of drug-likeness (QED) is 0.490. The SMILES string of the molecule is C=C(CC)CN=Cc1ccccc1. The Balaban J connectivity index is 2.45. The number of aliphatic imine (C=N–C) groups is 1. The molecule has 0 aliphatic heterocycles. The van der Waals surface area contributed by atoms with Crippen LogP contribution in [-0.2, 0) is 0 Å². The van der Waals surface area contributed by atoms with Crippen molar-refractivity contribution in [2.24, 2.45) is 4.99 Å². The van der Waals surface area contributed by atoms with Crippen LogP contribution in [0.25, 0.3) is 0 Å². The van der Waals surface area contributed by atoms with Gasteiger partial charge in [-0.2, -0.15) is 0 Å². The third-order valence-corrected chi connectivity index (χ3v) is 1.85. The van der Waals surface area contributed by atoms with Gasteiger partial charge in [0.25, 0.3) is 0 Å². The predicted molar refractivity (Wildman–Crippen MR) is 58.3 cm³/mol. The smallest absolute Gasteiger partial charge is 0.0597 e. The standard InChI is InChI=1S/C12H15N/c1-3-11(2)9-13-10-12-7-5-4-6-8-12/h4-8,10H,2-3,9H2,1H3. The van der Waals surface area contributed by atoms with Crippen molar-refractivity contribution in [3.8, 4) is 0 Å². The molecule has 0 spiro atoms. The van der Waals surface area contributed by atoms with E-state index in [2.05, 4.69) is 18.5 Å². The zero-order valence-corrected chi connectivity index (χ0v) is 8.03. The third-order valence-electron chi connectivity index (χ3n) is 1.85. The lowest BCUT2D eigenvalue weighted by molar-refractivity contribution is 1.02. The molecule has 0 aromatic heterocycles. The summed E-state index contributed by atoms with van der Waals surface area (Å²) in [5.41, 5.74) is 2.32. The predicted octanol–water partition coefficient (Wildman–Crippen LogP) is 3.07. The average molecular weight is 173 g/mol. The van der Waals surface area contributed by atoms with Crippen LogP contribution in [0.2, 0.25) is 0 Å². The highest BCUT2D eigenvalue weighted by Gasteiger charge is 1.86. The van der Waals surface area contributed by atoms with Crippen LogP contribution < -0.4 is 0 Å². The molecule has 0 amide bonds. The average Bonchev–Trinajstić information content (AvgIpc) is 2.19. The molecule has 0 radical (unpaired) electrons. The van der Waals surface area contributed by atoms with Gasteiger partial charge in [-0.1, -0.05) is 49.4 Å². The molecular weight excluding hydrogens is 158 g/mol. The van der Waals surface area contributed by atoms with Gasteiger partial charge in [0, 0.05) is 6.21 Å². The van der Waals surface area contributed by atoms with Gasteiger partial charge in [0.05, 0.1) is 6.54 Å². The second-order valence-electron chi connectivity index (χ2n) is 2.98. The van der Waals surface area contributed by atoms with Gasteiger partial charge in [-0.05, 0) is 12.0 Å². The molecule has 1 heteroatoms. The van der Waals surface area contributed by atoms with Crippen LogP contribution in [0.15, 0.2) is 47.5 Å². The molecular formula is C12H15N. The van der Waals surface area contributed by atoms with Crippen molar-refractivity contribution >= 4 is 6.21 Å². The molecule has 0 saturated carbocycles. The highest BCUT2D eigenvalue weighted by molar-refractivity contribution is 5.79. The minimum absolute atomic E-state index is 0.741. The number of hydrogen-bond donors (Lipinski definition) is 0. The summed E-state index contributed by atoms with van der Waals surface area (Å²) in [7, 11) is 0. The van der Waals surface area contributed by atoms with Gasteiger partial charge in [0.15, 0.2) is 0 Å². The van der Waals surface area contributed by atoms with E-state index >= 15 is 0 Å². The molecule has 0 fully saturated rings. The topological polar surface area (TPSA) is 12.4 Å². The van der Waals surface area contributed by atoms with E-state index in [4.69, 9.17) is 0 Å². The summed E-state index contributed by atoms with van der Waals surface area (Å²) in [4.78, 5) is 4.29. The largest absolute Gasteiger partial charge is 0.288 e. The van der Waals surface area contributed by atoms with Gasteiger partial charge >= 0.3 is 0 Å². The van der Waals surface area contributed by atoms with Crippen molar-refractivity contribution in [3.63, 3.8) is 0 Å². The number of rotatable bonds is 4. The Morgan fingerprint density at radius 3 is 2.69 bits per heavy atom. The minimum atomic E-state index is 0.741. The highest BCUT2D eigenvalue weighted by Crippen LogP contribution is 1.98. The first-order chi connectivity index (χ1) is 6.33. The molecule has 0 unspecified atom stereocenters. The third kappa shape index (κ3) is 3.70. The van der Waals surface area contributed by atoms with Crippen molar-refractivity contribution in [2.75, 3.05) is 6.54 Å². The lowest BCUT2D eigenvalue weighted by Crippen LogP contribution is -1.86. The minimum Gasteiger partial charge on any atom is -0.288 e. The Morgan fingerprint density at radius 1 is 1.38 bits per heavy atom. The molecule has 1 aromatic carbocycles. The first kappa shape index (κ1) is 9.72. The van der Waals surface area contributed by atoms with Crippen molar-refractivity contribution in [1.29, 1.82) is 0 Å². The Bertz CT molecular complexity index is 285. The Morgan fingerprint density at radius 2 is 2.08 bits per heavy atom. The maximum atomic E-state index is 4.29. The Labute approximate surface area is 79.8 Å². The van der Waals surface area contributed by atoms with Gasteiger partial charge in [0.2, 0.25) is 0 Å². The van der Waals surface area contributed by atoms with Crippen molar-refractivity contribution in [2.45, 2.75) is 13.3 Å². The van der Waals surface area contributed by atoms with Gasteiger partial charge in [-0.15, -0.1) is 0 Å². The molecule has 0 aliphatic carbocycles. The molecule has 0 N–H and O–H groups in total. The lowest BCUT2D eigenvalue weighted by Gasteiger charge is -1.95. The van der Waals surface area contributed by atoms with E-state index < -0.39 is 0 Å². The summed E-state index contributed by atoms with van der Waals surface area (Å²) in [5, 5.41) is 0. The Kier molecular flexibility index (Phi) is 3.97. The summed E-state index contributed by atoms with van der Waals surface area (Å²) < 4.78 is 0. The van der Waals surface area contributed by atoms with Gasteiger partial charge in [0.1, 0.15) is 0 Å². The zero-order chi connectivity index (χ0) is 9.52. The van der Waals surface area contributed by atoms with Gasteiger partial charge < -0.3 is 0 Å². The molecule has 0 heterocycles. The van der Waals surface area contributed by atoms with Gasteiger partial charge in [-0.3, -0.25) is 4.99 Å². The first-order valence-electron chi connectivity index (χ1n) is 4.54. The summed E-state index contributed by atoms with van der Waals surface area (Å²) in [6, 6.07) is 10.1. The van der Waals surface area contributed by atoms with Crippen LogP contribution in [0.5, 0.6) is 0 Å². The summed E-state index contributed by atoms with van der Waals surface area (Å²) in [6.07, 6.45) is 2.90. The number of benzene rings is 1. The molecule has 1 nitrogen and oxygen atoms in total. The first-order valence-corrected chi connectivity index (χ1v) is 4.54. The second-order valence-corrected chi connectivity index (χ2v) is 2.98. The monoisotopic (exact) mass is 173 g/mol. The zero-order valence-electron chi connectivity index (χ0n) is 8.03. The van der Waals surface area contributed by atoms with Crippen molar-refractivity contribution < 1.29 is 0 Å². The van der Waals surface area contributed by atoms with E-state index in [9.17, 15) is 0 Å². The molecule has 13 heavy (non-hydrogen) atoms. The molecule has 0 atom stereocenters. The fourth-order valence-corrected chi connectivity index (χ4v) is 0.931. The fraction of sp³-hybridized carbons (Fsp3) is 0.250. The normalized spacial score (nSPS) is 10.5. The maximum Gasteiger partial charge on any atom is 0.0597 e. The lowest BCUT2D eigenvalue weighted by atomic mass is 10.2. The summed E-state index contributed by atoms with van der Waals surface area (Å²) >= 11 is 0. The van der Waals surface area contributed by atoms with Crippen LogP contribution in [0, 0.1) is 0 Å². The van der Waals surface area contributed by atoms with E-state index in [0.717, 1.165) is 18.5 Å². The van der Waals surface area contributed by atoms with E-state index in [-0.39, 0.29) is 0 Å². The molecule has 0 aliphatic rings. The van der Waals surface area contributed by atoms with E-state index in [1.807, 2.05) is 36.5 Å². The molecule has 68 valence electrons. The number of hydrogen-bond acceptors (Lipinski definition) is 1. The second kappa shape index (κ2) is 5.31. The van der Waals surface area contributed by atoms with Crippen LogP contribution in [0.3, 0.4) is 0 Å². The fourth-order valence-electron chi connectivity index (χ4n) is 0.931. The number of nitrogens with zero attached hydrogens (tertiary/aromatic N) is 1. The van der Waals surface area contributed by atoms with Crippen molar-refractivity contribution in [3.05, 3.63) is 48.0 Å². The van der Waals surface area contributed by atoms with Crippen LogP contribution >= 0.6 is 0 Å². The van der Waals surface area contributed by atoms with Crippen molar-refractivity contribution in [1.82, 2.24) is 0 Å². The van der Waals surface area contributed by atoms with Crippen LogP contribution in [0.1, 0.15) is 18.9 Å². The molecule has 1 aromatic rings. The van der Waals surface area contributed by atoms with Gasteiger partial charge in [-0.25, -0.2) is 0 Å². The molecule has 1 rings (SSSR count). The molecule has 0 saturated heterocycles.